The largest absolute Gasteiger partial charge is 0.419 e. The van der Waals surface area contributed by atoms with Crippen molar-refractivity contribution in [2.75, 3.05) is 5.73 Å². The van der Waals surface area contributed by atoms with Crippen LogP contribution in [0.25, 0.3) is 11.6 Å². The van der Waals surface area contributed by atoms with E-state index in [2.05, 4.69) is 15.3 Å². The standard InChI is InChI=1S/C13H19N5O/c1-8-10(14)11(18(2)17-8)13-16-15-12(19-13)9-6-4-3-5-7-9/h9H,3-7,14H2,1-2H3. The van der Waals surface area contributed by atoms with E-state index in [-0.39, 0.29) is 0 Å². The molecule has 1 aliphatic carbocycles. The predicted molar refractivity (Wildman–Crippen MR) is 71.5 cm³/mol. The van der Waals surface area contributed by atoms with Crippen molar-refractivity contribution < 1.29 is 4.42 Å². The van der Waals surface area contributed by atoms with Crippen LogP contribution in [0.4, 0.5) is 5.69 Å². The Labute approximate surface area is 112 Å². The van der Waals surface area contributed by atoms with Gasteiger partial charge in [0.2, 0.25) is 5.89 Å². The molecule has 0 amide bonds. The van der Waals surface area contributed by atoms with Crippen LogP contribution in [-0.4, -0.2) is 20.0 Å². The van der Waals surface area contributed by atoms with Crippen LogP contribution >= 0.6 is 0 Å². The molecule has 0 atom stereocenters. The number of aryl methyl sites for hydroxylation is 2. The maximum atomic E-state index is 6.01. The molecule has 19 heavy (non-hydrogen) atoms. The van der Waals surface area contributed by atoms with E-state index >= 15 is 0 Å². The fourth-order valence-electron chi connectivity index (χ4n) is 2.77. The molecule has 2 N–H and O–H groups in total. The van der Waals surface area contributed by atoms with Crippen LogP contribution in [0.3, 0.4) is 0 Å². The molecule has 0 unspecified atom stereocenters. The van der Waals surface area contributed by atoms with Crippen molar-refractivity contribution in [3.63, 3.8) is 0 Å². The van der Waals surface area contributed by atoms with Crippen LogP contribution < -0.4 is 5.73 Å². The summed E-state index contributed by atoms with van der Waals surface area (Å²) in [5.41, 5.74) is 8.13. The van der Waals surface area contributed by atoms with Gasteiger partial charge >= 0.3 is 0 Å². The summed E-state index contributed by atoms with van der Waals surface area (Å²) in [6, 6.07) is 0. The lowest BCUT2D eigenvalue weighted by molar-refractivity contribution is 0.366. The van der Waals surface area contributed by atoms with Crippen molar-refractivity contribution in [2.45, 2.75) is 44.9 Å². The van der Waals surface area contributed by atoms with Gasteiger partial charge in [0.15, 0.2) is 0 Å². The molecule has 2 heterocycles. The van der Waals surface area contributed by atoms with Crippen LogP contribution in [0.15, 0.2) is 4.42 Å². The molecule has 2 aromatic rings. The summed E-state index contributed by atoms with van der Waals surface area (Å²) in [5, 5.41) is 12.6. The summed E-state index contributed by atoms with van der Waals surface area (Å²) in [7, 11) is 1.84. The van der Waals surface area contributed by atoms with Gasteiger partial charge in [-0.15, -0.1) is 10.2 Å². The summed E-state index contributed by atoms with van der Waals surface area (Å²) in [6.45, 7) is 1.87. The Morgan fingerprint density at radius 3 is 2.58 bits per heavy atom. The van der Waals surface area contributed by atoms with E-state index in [9.17, 15) is 0 Å². The molecule has 1 aliphatic rings. The quantitative estimate of drug-likeness (QED) is 0.897. The Kier molecular flexibility index (Phi) is 3.00. The third-order valence-corrected chi connectivity index (χ3v) is 3.87. The molecule has 102 valence electrons. The normalized spacial score (nSPS) is 16.9. The molecule has 1 saturated carbocycles. The van der Waals surface area contributed by atoms with Gasteiger partial charge < -0.3 is 10.2 Å². The minimum atomic E-state index is 0.408. The first-order chi connectivity index (χ1) is 9.16. The van der Waals surface area contributed by atoms with Crippen molar-refractivity contribution in [3.8, 4) is 11.6 Å². The first-order valence-electron chi connectivity index (χ1n) is 6.79. The maximum Gasteiger partial charge on any atom is 0.268 e. The van der Waals surface area contributed by atoms with Crippen molar-refractivity contribution in [1.82, 2.24) is 20.0 Å². The number of aromatic nitrogens is 4. The fraction of sp³-hybridized carbons (Fsp3) is 0.615. The molecule has 6 heteroatoms. The van der Waals surface area contributed by atoms with Gasteiger partial charge in [0.25, 0.3) is 5.89 Å². The molecule has 0 bridgehead atoms. The number of hydrogen-bond donors (Lipinski definition) is 1. The van der Waals surface area contributed by atoms with E-state index in [1.165, 1.54) is 19.3 Å². The highest BCUT2D eigenvalue weighted by atomic mass is 16.4. The molecule has 1 fully saturated rings. The number of rotatable bonds is 2. The molecule has 6 nitrogen and oxygen atoms in total. The van der Waals surface area contributed by atoms with Crippen molar-refractivity contribution >= 4 is 5.69 Å². The van der Waals surface area contributed by atoms with Crippen molar-refractivity contribution in [1.29, 1.82) is 0 Å². The highest BCUT2D eigenvalue weighted by molar-refractivity contribution is 5.68. The average molecular weight is 261 g/mol. The topological polar surface area (TPSA) is 82.8 Å². The molecule has 3 rings (SSSR count). The van der Waals surface area contributed by atoms with E-state index in [4.69, 9.17) is 10.2 Å². The second kappa shape index (κ2) is 4.68. The molecular formula is C13H19N5O. The lowest BCUT2D eigenvalue weighted by atomic mass is 9.89. The smallest absolute Gasteiger partial charge is 0.268 e. The molecule has 0 aromatic carbocycles. The van der Waals surface area contributed by atoms with Gasteiger partial charge in [-0.1, -0.05) is 19.3 Å². The van der Waals surface area contributed by atoms with E-state index < -0.39 is 0 Å². The average Bonchev–Trinajstić information content (AvgIpc) is 2.97. The zero-order valence-electron chi connectivity index (χ0n) is 11.4. The number of anilines is 1. The van der Waals surface area contributed by atoms with Gasteiger partial charge in [0.05, 0.1) is 11.4 Å². The van der Waals surface area contributed by atoms with Gasteiger partial charge in [-0.25, -0.2) is 0 Å². The Morgan fingerprint density at radius 1 is 1.21 bits per heavy atom. The van der Waals surface area contributed by atoms with E-state index in [1.807, 2.05) is 14.0 Å². The Bertz CT molecular complexity index is 580. The van der Waals surface area contributed by atoms with E-state index in [0.29, 0.717) is 23.2 Å². The highest BCUT2D eigenvalue weighted by Crippen LogP contribution is 2.34. The Morgan fingerprint density at radius 2 is 1.95 bits per heavy atom. The Hall–Kier alpha value is -1.85. The van der Waals surface area contributed by atoms with E-state index in [1.54, 1.807) is 4.68 Å². The van der Waals surface area contributed by atoms with Crippen LogP contribution in [-0.2, 0) is 7.05 Å². The monoisotopic (exact) mass is 261 g/mol. The number of nitrogens with two attached hydrogens (primary N) is 1. The van der Waals surface area contributed by atoms with Crippen LogP contribution in [0.5, 0.6) is 0 Å². The minimum Gasteiger partial charge on any atom is -0.419 e. The van der Waals surface area contributed by atoms with Crippen molar-refractivity contribution in [2.24, 2.45) is 7.05 Å². The predicted octanol–water partition coefficient (Wildman–Crippen LogP) is 2.41. The van der Waals surface area contributed by atoms with Gasteiger partial charge in [-0.05, 0) is 19.8 Å². The van der Waals surface area contributed by atoms with Gasteiger partial charge in [-0.2, -0.15) is 5.10 Å². The fourth-order valence-corrected chi connectivity index (χ4v) is 2.77. The summed E-state index contributed by atoms with van der Waals surface area (Å²) >= 11 is 0. The minimum absolute atomic E-state index is 0.408. The summed E-state index contributed by atoms with van der Waals surface area (Å²) in [6.07, 6.45) is 6.08. The first kappa shape index (κ1) is 12.2. The number of nitrogen functional groups attached to an aromatic ring is 1. The van der Waals surface area contributed by atoms with Crippen LogP contribution in [0, 0.1) is 6.92 Å². The zero-order chi connectivity index (χ0) is 13.4. The van der Waals surface area contributed by atoms with E-state index in [0.717, 1.165) is 24.4 Å². The lowest BCUT2D eigenvalue weighted by Gasteiger charge is -2.17. The zero-order valence-corrected chi connectivity index (χ0v) is 11.4. The maximum absolute atomic E-state index is 6.01. The second-order valence-electron chi connectivity index (χ2n) is 5.25. The molecular weight excluding hydrogens is 242 g/mol. The molecule has 0 saturated heterocycles. The summed E-state index contributed by atoms with van der Waals surface area (Å²) in [4.78, 5) is 0. The van der Waals surface area contributed by atoms with Gasteiger partial charge in [0.1, 0.15) is 5.69 Å². The second-order valence-corrected chi connectivity index (χ2v) is 5.25. The number of nitrogens with zero attached hydrogens (tertiary/aromatic N) is 4. The number of hydrogen-bond acceptors (Lipinski definition) is 5. The van der Waals surface area contributed by atoms with Gasteiger partial charge in [-0.3, -0.25) is 4.68 Å². The van der Waals surface area contributed by atoms with Crippen molar-refractivity contribution in [3.05, 3.63) is 11.6 Å². The molecule has 0 spiro atoms. The van der Waals surface area contributed by atoms with Crippen LogP contribution in [0.1, 0.15) is 49.6 Å². The third-order valence-electron chi connectivity index (χ3n) is 3.87. The molecule has 2 aromatic heterocycles. The lowest BCUT2D eigenvalue weighted by Crippen LogP contribution is -2.04. The SMILES string of the molecule is Cc1nn(C)c(-c2nnc(C3CCCCC3)o2)c1N. The first-order valence-corrected chi connectivity index (χ1v) is 6.79. The molecule has 0 radical (unpaired) electrons. The van der Waals surface area contributed by atoms with Gasteiger partial charge in [0, 0.05) is 13.0 Å². The Balaban J connectivity index is 1.92. The molecule has 0 aliphatic heterocycles. The summed E-state index contributed by atoms with van der Waals surface area (Å²) < 4.78 is 7.52. The summed E-state index contributed by atoms with van der Waals surface area (Å²) in [5.74, 6) is 1.62. The van der Waals surface area contributed by atoms with Crippen LogP contribution in [0.2, 0.25) is 0 Å². The highest BCUT2D eigenvalue weighted by Gasteiger charge is 2.24. The third kappa shape index (κ3) is 2.11.